The van der Waals surface area contributed by atoms with E-state index in [2.05, 4.69) is 10.8 Å². The van der Waals surface area contributed by atoms with E-state index in [1.165, 1.54) is 0 Å². The molecule has 0 saturated heterocycles. The molecule has 0 aliphatic carbocycles. The molecule has 0 atom stereocenters. The van der Waals surface area contributed by atoms with Gasteiger partial charge in [0.1, 0.15) is 23.3 Å². The van der Waals surface area contributed by atoms with Crippen LogP contribution < -0.4 is 9.46 Å². The molecule has 0 unspecified atom stereocenters. The van der Waals surface area contributed by atoms with Crippen molar-refractivity contribution in [2.24, 2.45) is 7.05 Å². The van der Waals surface area contributed by atoms with Crippen molar-refractivity contribution in [3.8, 4) is 28.7 Å². The lowest BCUT2D eigenvalue weighted by atomic mass is 10.00. The number of aromatic nitrogens is 1. The summed E-state index contributed by atoms with van der Waals surface area (Å²) in [5.41, 5.74) is 3.15. The predicted molar refractivity (Wildman–Crippen MR) is 135 cm³/mol. The summed E-state index contributed by atoms with van der Waals surface area (Å²) in [6.07, 6.45) is 0.587. The molecule has 184 valence electrons. The zero-order valence-electron chi connectivity index (χ0n) is 20.5. The summed E-state index contributed by atoms with van der Waals surface area (Å²) in [7, 11) is -1.72. The first-order chi connectivity index (χ1) is 16.6. The Morgan fingerprint density at radius 2 is 1.80 bits per heavy atom. The van der Waals surface area contributed by atoms with Crippen molar-refractivity contribution in [2.75, 3.05) is 11.3 Å². The van der Waals surface area contributed by atoms with Crippen LogP contribution in [0.1, 0.15) is 49.4 Å². The number of sulfonamides is 1. The normalized spacial score (nSPS) is 11.2. The maximum Gasteiger partial charge on any atom is 0.355 e. The maximum atomic E-state index is 12.7. The summed E-state index contributed by atoms with van der Waals surface area (Å²) in [6.45, 7) is 7.10. The van der Waals surface area contributed by atoms with Crippen LogP contribution in [-0.4, -0.2) is 30.8 Å². The number of nitrogens with zero attached hydrogens (tertiary/aromatic N) is 2. The van der Waals surface area contributed by atoms with Crippen LogP contribution in [0.4, 0.5) is 5.69 Å². The number of hydrogen-bond acceptors (Lipinski definition) is 6. The van der Waals surface area contributed by atoms with Gasteiger partial charge in [-0.25, -0.2) is 13.2 Å². The summed E-state index contributed by atoms with van der Waals surface area (Å²) >= 11 is 0. The van der Waals surface area contributed by atoms with Crippen molar-refractivity contribution in [1.82, 2.24) is 4.57 Å². The summed E-state index contributed by atoms with van der Waals surface area (Å²) in [6, 6.07) is 15.9. The number of nitriles is 1. The Kier molecular flexibility index (Phi) is 7.87. The highest BCUT2D eigenvalue weighted by Gasteiger charge is 2.26. The summed E-state index contributed by atoms with van der Waals surface area (Å²) < 4.78 is 39.7. The van der Waals surface area contributed by atoms with Crippen LogP contribution in [0.15, 0.2) is 48.5 Å². The second-order valence-corrected chi connectivity index (χ2v) is 10.4. The predicted octanol–water partition coefficient (Wildman–Crippen LogP) is 5.25. The number of esters is 1. The third-order valence-corrected chi connectivity index (χ3v) is 7.29. The molecule has 0 spiro atoms. The lowest BCUT2D eigenvalue weighted by molar-refractivity contribution is 0.0516. The molecule has 8 nitrogen and oxygen atoms in total. The molecule has 3 aromatic rings. The Morgan fingerprint density at radius 1 is 1.11 bits per heavy atom. The number of anilines is 1. The highest BCUT2D eigenvalue weighted by atomic mass is 32.2. The highest BCUT2D eigenvalue weighted by molar-refractivity contribution is 7.93. The molecule has 1 N–H and O–H groups in total. The minimum absolute atomic E-state index is 0.228. The average Bonchev–Trinajstić information content (AvgIpc) is 3.10. The van der Waals surface area contributed by atoms with Crippen LogP contribution in [0.5, 0.6) is 11.5 Å². The van der Waals surface area contributed by atoms with Crippen LogP contribution in [0, 0.1) is 11.3 Å². The molecule has 9 heteroatoms. The molecule has 2 aromatic carbocycles. The molecule has 0 saturated carbocycles. The lowest BCUT2D eigenvalue weighted by Crippen LogP contribution is -2.22. The Labute approximate surface area is 206 Å². The third-order valence-electron chi connectivity index (χ3n) is 5.52. The van der Waals surface area contributed by atoms with Crippen LogP contribution >= 0.6 is 0 Å². The van der Waals surface area contributed by atoms with Crippen LogP contribution in [0.25, 0.3) is 11.1 Å². The number of benzene rings is 2. The molecular weight excluding hydrogens is 466 g/mol. The van der Waals surface area contributed by atoms with Gasteiger partial charge in [0, 0.05) is 24.4 Å². The third kappa shape index (κ3) is 5.49. The highest BCUT2D eigenvalue weighted by Crippen LogP contribution is 2.35. The van der Waals surface area contributed by atoms with Gasteiger partial charge >= 0.3 is 5.97 Å². The fourth-order valence-electron chi connectivity index (χ4n) is 3.72. The monoisotopic (exact) mass is 495 g/mol. The van der Waals surface area contributed by atoms with Crippen LogP contribution in [0.3, 0.4) is 0 Å². The molecular formula is C26H29N3O5S. The summed E-state index contributed by atoms with van der Waals surface area (Å²) in [4.78, 5) is 12.7. The fourth-order valence-corrected chi connectivity index (χ4v) is 4.41. The molecule has 0 fully saturated rings. The Bertz CT molecular complexity index is 1370. The van der Waals surface area contributed by atoms with E-state index in [1.54, 1.807) is 80.9 Å². The first-order valence-electron chi connectivity index (χ1n) is 11.3. The van der Waals surface area contributed by atoms with Gasteiger partial charge in [0.25, 0.3) is 0 Å². The molecule has 35 heavy (non-hydrogen) atoms. The smallest absolute Gasteiger partial charge is 0.355 e. The van der Waals surface area contributed by atoms with Crippen molar-refractivity contribution in [3.05, 3.63) is 65.5 Å². The Morgan fingerprint density at radius 3 is 2.37 bits per heavy atom. The average molecular weight is 496 g/mol. The van der Waals surface area contributed by atoms with Gasteiger partial charge < -0.3 is 14.0 Å². The summed E-state index contributed by atoms with van der Waals surface area (Å²) in [5.74, 6) is 0.488. The lowest BCUT2D eigenvalue weighted by Gasteiger charge is -2.12. The minimum Gasteiger partial charge on any atom is -0.461 e. The number of carbonyl (C=O) groups excluding carboxylic acids is 1. The van der Waals surface area contributed by atoms with Gasteiger partial charge in [-0.3, -0.25) is 4.72 Å². The van der Waals surface area contributed by atoms with Crippen molar-refractivity contribution < 1.29 is 22.7 Å². The largest absolute Gasteiger partial charge is 0.461 e. The van der Waals surface area contributed by atoms with Crippen molar-refractivity contribution in [2.45, 2.75) is 39.4 Å². The molecule has 0 aliphatic heterocycles. The molecule has 1 aromatic heterocycles. The van der Waals surface area contributed by atoms with Crippen molar-refractivity contribution in [1.29, 1.82) is 5.26 Å². The fraction of sp³-hybridized carbons (Fsp3) is 0.308. The Hall–Kier alpha value is -3.77. The van der Waals surface area contributed by atoms with E-state index in [0.717, 1.165) is 5.69 Å². The first-order valence-corrected chi connectivity index (χ1v) is 12.9. The topological polar surface area (TPSA) is 110 Å². The van der Waals surface area contributed by atoms with Gasteiger partial charge in [-0.15, -0.1) is 0 Å². The Balaban J connectivity index is 1.93. The van der Waals surface area contributed by atoms with Gasteiger partial charge in [0.05, 0.1) is 23.1 Å². The number of ether oxygens (including phenoxy) is 2. The molecule has 0 amide bonds. The first kappa shape index (κ1) is 25.8. The molecule has 0 aliphatic rings. The summed E-state index contributed by atoms with van der Waals surface area (Å²) in [5, 5.41) is 9.28. The molecule has 3 rings (SSSR count). The number of hydrogen-bond donors (Lipinski definition) is 1. The standard InChI is InChI=1S/C26H29N3O5S/c1-6-23-22(16-27)24(25(29(23)5)26(30)33-7-2)18-11-13-20(14-12-18)34-21-10-8-9-19(15-21)28-35(31,32)17(3)4/h8-15,17,28H,6-7H2,1-5H3. The molecule has 0 bridgehead atoms. The quantitative estimate of drug-likeness (QED) is 0.406. The van der Waals surface area contributed by atoms with Gasteiger partial charge in [-0.2, -0.15) is 5.26 Å². The number of rotatable bonds is 9. The van der Waals surface area contributed by atoms with Gasteiger partial charge in [-0.05, 0) is 57.0 Å². The minimum atomic E-state index is -3.47. The van der Waals surface area contributed by atoms with Gasteiger partial charge in [-0.1, -0.05) is 25.1 Å². The van der Waals surface area contributed by atoms with Crippen LogP contribution in [0.2, 0.25) is 0 Å². The SMILES string of the molecule is CCOC(=O)c1c(-c2ccc(Oc3cccc(NS(=O)(=O)C(C)C)c3)cc2)c(C#N)c(CC)n1C. The zero-order chi connectivity index (χ0) is 25.8. The van der Waals surface area contributed by atoms with Gasteiger partial charge in [0.2, 0.25) is 10.0 Å². The second-order valence-electron chi connectivity index (χ2n) is 8.14. The zero-order valence-corrected chi connectivity index (χ0v) is 21.3. The van der Waals surface area contributed by atoms with Gasteiger partial charge in [0.15, 0.2) is 0 Å². The van der Waals surface area contributed by atoms with E-state index in [9.17, 15) is 18.5 Å². The van der Waals surface area contributed by atoms with Crippen molar-refractivity contribution >= 4 is 21.7 Å². The van der Waals surface area contributed by atoms with E-state index >= 15 is 0 Å². The van der Waals surface area contributed by atoms with Crippen LogP contribution in [-0.2, 0) is 28.2 Å². The van der Waals surface area contributed by atoms with E-state index in [1.807, 2.05) is 6.92 Å². The maximum absolute atomic E-state index is 12.7. The van der Waals surface area contributed by atoms with Crippen molar-refractivity contribution in [3.63, 3.8) is 0 Å². The van der Waals surface area contributed by atoms with E-state index in [4.69, 9.17) is 9.47 Å². The van der Waals surface area contributed by atoms with E-state index in [0.29, 0.717) is 46.0 Å². The number of nitrogens with one attached hydrogen (secondary N) is 1. The van der Waals surface area contributed by atoms with E-state index in [-0.39, 0.29) is 6.61 Å². The second kappa shape index (κ2) is 10.7. The van der Waals surface area contributed by atoms with E-state index < -0.39 is 21.2 Å². The molecule has 1 heterocycles. The molecule has 0 radical (unpaired) electrons. The number of carbonyl (C=O) groups is 1.